The third-order valence-electron chi connectivity index (χ3n) is 5.37. The average Bonchev–Trinajstić information content (AvgIpc) is 2.79. The van der Waals surface area contributed by atoms with E-state index >= 15 is 0 Å². The maximum atomic E-state index is 12.1. The van der Waals surface area contributed by atoms with Gasteiger partial charge >= 0.3 is 12.0 Å². The van der Waals surface area contributed by atoms with Crippen LogP contribution in [0.1, 0.15) is 46.0 Å². The molecule has 1 aliphatic heterocycles. The van der Waals surface area contributed by atoms with Crippen LogP contribution >= 0.6 is 0 Å². The molecule has 1 aromatic heterocycles. The number of likely N-dealkylation sites (tertiary alicyclic amines) is 1. The van der Waals surface area contributed by atoms with E-state index in [9.17, 15) is 4.79 Å². The molecule has 10 heteroatoms. The van der Waals surface area contributed by atoms with Crippen LogP contribution in [0.5, 0.6) is 6.01 Å². The lowest BCUT2D eigenvalue weighted by Crippen LogP contribution is -2.40. The molecule has 0 aliphatic carbocycles. The Kier molecular flexibility index (Phi) is 11.2. The fourth-order valence-corrected chi connectivity index (χ4v) is 3.77. The molecule has 2 rings (SSSR count). The van der Waals surface area contributed by atoms with E-state index < -0.39 is 0 Å². The number of nitrogens with zero attached hydrogens (tertiary/aromatic N) is 5. The largest absolute Gasteiger partial charge is 0.466 e. The Labute approximate surface area is 191 Å². The fourth-order valence-electron chi connectivity index (χ4n) is 3.77. The third kappa shape index (κ3) is 7.59. The van der Waals surface area contributed by atoms with Gasteiger partial charge in [0, 0.05) is 20.2 Å². The summed E-state index contributed by atoms with van der Waals surface area (Å²) in [5, 5.41) is 0. The first-order chi connectivity index (χ1) is 15.5. The van der Waals surface area contributed by atoms with Crippen molar-refractivity contribution in [3.8, 4) is 6.01 Å². The number of piperidine rings is 1. The average molecular weight is 451 g/mol. The van der Waals surface area contributed by atoms with Crippen LogP contribution in [0.25, 0.3) is 0 Å². The summed E-state index contributed by atoms with van der Waals surface area (Å²) in [5.41, 5.74) is 6.52. The Morgan fingerprint density at radius 2 is 2.16 bits per heavy atom. The molecule has 1 aromatic rings. The van der Waals surface area contributed by atoms with Gasteiger partial charge in [0.15, 0.2) is 11.6 Å². The molecule has 180 valence electrons. The van der Waals surface area contributed by atoms with E-state index in [0.29, 0.717) is 38.0 Å². The predicted molar refractivity (Wildman–Crippen MR) is 126 cm³/mol. The Morgan fingerprint density at radius 3 is 2.84 bits per heavy atom. The van der Waals surface area contributed by atoms with Gasteiger partial charge in [-0.1, -0.05) is 13.3 Å². The number of unbranched alkanes of at least 4 members (excludes halogenated alkanes) is 1. The zero-order chi connectivity index (χ0) is 23.3. The van der Waals surface area contributed by atoms with E-state index in [1.54, 1.807) is 7.11 Å². The Bertz CT molecular complexity index is 733. The number of hydrogen-bond acceptors (Lipinski definition) is 10. The highest BCUT2D eigenvalue weighted by molar-refractivity contribution is 5.75. The second kappa shape index (κ2) is 13.8. The summed E-state index contributed by atoms with van der Waals surface area (Å²) in [4.78, 5) is 29.2. The number of carbonyl (C=O) groups excluding carboxylic acids is 1. The molecule has 1 fully saturated rings. The smallest absolute Gasteiger partial charge is 0.320 e. The van der Waals surface area contributed by atoms with Crippen LogP contribution in [0.4, 0.5) is 17.3 Å². The number of anilines is 2. The van der Waals surface area contributed by atoms with Crippen LogP contribution in [0.2, 0.25) is 0 Å². The minimum Gasteiger partial charge on any atom is -0.466 e. The highest BCUT2D eigenvalue weighted by Gasteiger charge is 2.27. The number of aromatic nitrogens is 2. The lowest BCUT2D eigenvalue weighted by Gasteiger charge is -2.32. The van der Waals surface area contributed by atoms with Gasteiger partial charge in [-0.05, 0) is 52.4 Å². The zero-order valence-electron chi connectivity index (χ0n) is 19.7. The summed E-state index contributed by atoms with van der Waals surface area (Å²) in [7, 11) is 1.63. The number of methoxy groups -OCH3 is 1. The van der Waals surface area contributed by atoms with Gasteiger partial charge in [-0.25, -0.2) is 0 Å². The van der Waals surface area contributed by atoms with Gasteiger partial charge in [-0.3, -0.25) is 9.79 Å². The van der Waals surface area contributed by atoms with E-state index in [4.69, 9.17) is 19.9 Å². The van der Waals surface area contributed by atoms with Gasteiger partial charge in [0.2, 0.25) is 0 Å². The molecule has 10 nitrogen and oxygen atoms in total. The van der Waals surface area contributed by atoms with Gasteiger partial charge < -0.3 is 29.7 Å². The van der Waals surface area contributed by atoms with Crippen molar-refractivity contribution in [3.63, 3.8) is 0 Å². The lowest BCUT2D eigenvalue weighted by molar-refractivity contribution is -0.149. The molecule has 2 heterocycles. The summed E-state index contributed by atoms with van der Waals surface area (Å²) in [5.74, 6) is 0.640. The number of ether oxygens (including phenoxy) is 3. The summed E-state index contributed by atoms with van der Waals surface area (Å²) in [6.07, 6.45) is 4.66. The molecule has 0 saturated carbocycles. The summed E-state index contributed by atoms with van der Waals surface area (Å²) in [6, 6.07) is 0.229. The van der Waals surface area contributed by atoms with Crippen molar-refractivity contribution in [1.82, 2.24) is 14.9 Å². The molecule has 0 spiro atoms. The van der Waals surface area contributed by atoms with Crippen molar-refractivity contribution in [1.29, 1.82) is 0 Å². The van der Waals surface area contributed by atoms with E-state index in [2.05, 4.69) is 33.5 Å². The highest BCUT2D eigenvalue weighted by Crippen LogP contribution is 2.33. The standard InChI is InChI=1S/C22H38N6O4/c1-5-7-14-32-22-25-19(23)18(24-3)20(26-22)28(16-30-4)13-9-12-27-11-8-10-17(15-27)21(29)31-6-2/h17H,3,5-16H2,1-2,4H3,(H2,23,25,26). The quantitative estimate of drug-likeness (QED) is 0.198. The van der Waals surface area contributed by atoms with E-state index in [-0.39, 0.29) is 23.7 Å². The van der Waals surface area contributed by atoms with E-state index in [0.717, 1.165) is 51.7 Å². The highest BCUT2D eigenvalue weighted by atomic mass is 16.5. The Balaban J connectivity index is 2.03. The second-order valence-corrected chi connectivity index (χ2v) is 7.85. The molecule has 1 aliphatic rings. The third-order valence-corrected chi connectivity index (χ3v) is 5.37. The van der Waals surface area contributed by atoms with Crippen molar-refractivity contribution < 1.29 is 19.0 Å². The molecule has 32 heavy (non-hydrogen) atoms. The first-order valence-corrected chi connectivity index (χ1v) is 11.4. The molecule has 1 saturated heterocycles. The number of nitrogen functional groups attached to an aromatic ring is 1. The maximum absolute atomic E-state index is 12.1. The first-order valence-electron chi connectivity index (χ1n) is 11.4. The molecule has 1 unspecified atom stereocenters. The fraction of sp³-hybridized carbons (Fsp3) is 0.727. The molecule has 0 bridgehead atoms. The van der Waals surface area contributed by atoms with Crippen LogP contribution < -0.4 is 15.4 Å². The minimum atomic E-state index is -0.0908. The summed E-state index contributed by atoms with van der Waals surface area (Å²) < 4.78 is 16.3. The van der Waals surface area contributed by atoms with Gasteiger partial charge in [-0.15, -0.1) is 0 Å². The molecule has 1 atom stereocenters. The SMILES string of the molecule is C=Nc1c(N)nc(OCCCC)nc1N(CCCN1CCCC(C(=O)OCC)C1)COC. The molecular weight excluding hydrogens is 412 g/mol. The molecule has 2 N–H and O–H groups in total. The Morgan fingerprint density at radius 1 is 1.34 bits per heavy atom. The van der Waals surface area contributed by atoms with Crippen molar-refractivity contribution in [2.75, 3.05) is 63.9 Å². The normalized spacial score (nSPS) is 16.5. The lowest BCUT2D eigenvalue weighted by atomic mass is 9.98. The molecule has 0 aromatic carbocycles. The monoisotopic (exact) mass is 450 g/mol. The Hall–Kier alpha value is -2.46. The van der Waals surface area contributed by atoms with Crippen LogP contribution in [0, 0.1) is 5.92 Å². The van der Waals surface area contributed by atoms with Crippen LogP contribution in [-0.4, -0.2) is 80.8 Å². The van der Waals surface area contributed by atoms with Crippen molar-refractivity contribution in [2.24, 2.45) is 10.9 Å². The number of rotatable bonds is 14. The number of nitrogens with two attached hydrogens (primary N) is 1. The number of esters is 1. The van der Waals surface area contributed by atoms with Gasteiger partial charge in [0.1, 0.15) is 12.4 Å². The molecule has 0 amide bonds. The predicted octanol–water partition coefficient (Wildman–Crippen LogP) is 2.65. The first kappa shape index (κ1) is 25.8. The summed E-state index contributed by atoms with van der Waals surface area (Å²) in [6.45, 7) is 12.1. The van der Waals surface area contributed by atoms with Crippen molar-refractivity contribution in [3.05, 3.63) is 0 Å². The molecule has 0 radical (unpaired) electrons. The zero-order valence-corrected chi connectivity index (χ0v) is 19.7. The maximum Gasteiger partial charge on any atom is 0.320 e. The topological polar surface area (TPSA) is 115 Å². The van der Waals surface area contributed by atoms with E-state index in [1.807, 2.05) is 11.8 Å². The van der Waals surface area contributed by atoms with Crippen molar-refractivity contribution >= 4 is 30.0 Å². The second-order valence-electron chi connectivity index (χ2n) is 7.85. The van der Waals surface area contributed by atoms with Crippen LogP contribution in [-0.2, 0) is 14.3 Å². The number of aliphatic imine (C=N–C) groups is 1. The van der Waals surface area contributed by atoms with Crippen LogP contribution in [0.3, 0.4) is 0 Å². The van der Waals surface area contributed by atoms with Gasteiger partial charge in [-0.2, -0.15) is 9.97 Å². The molecular formula is C22H38N6O4. The van der Waals surface area contributed by atoms with Crippen molar-refractivity contribution in [2.45, 2.75) is 46.0 Å². The minimum absolute atomic E-state index is 0.0418. The van der Waals surface area contributed by atoms with E-state index in [1.165, 1.54) is 0 Å². The number of hydrogen-bond donors (Lipinski definition) is 1. The van der Waals surface area contributed by atoms with Crippen LogP contribution in [0.15, 0.2) is 4.99 Å². The van der Waals surface area contributed by atoms with Gasteiger partial charge in [0.05, 0.1) is 19.1 Å². The van der Waals surface area contributed by atoms with Gasteiger partial charge in [0.25, 0.3) is 0 Å². The number of carbonyl (C=O) groups is 1. The summed E-state index contributed by atoms with van der Waals surface area (Å²) >= 11 is 0.